The van der Waals surface area contributed by atoms with Gasteiger partial charge in [-0.25, -0.2) is 9.97 Å². The molecule has 0 bridgehead atoms. The Morgan fingerprint density at radius 3 is 3.00 bits per heavy atom. The molecular weight excluding hydrogens is 246 g/mol. The molecule has 0 aliphatic carbocycles. The van der Waals surface area contributed by atoms with E-state index >= 15 is 0 Å². The summed E-state index contributed by atoms with van der Waals surface area (Å²) in [4.78, 5) is 11.3. The first-order chi connectivity index (χ1) is 7.18. The van der Waals surface area contributed by atoms with Crippen LogP contribution in [-0.4, -0.2) is 33.3 Å². The summed E-state index contributed by atoms with van der Waals surface area (Å²) in [6, 6.07) is 2.03. The molecule has 0 unspecified atom stereocenters. The summed E-state index contributed by atoms with van der Waals surface area (Å²) in [5.41, 5.74) is 0. The lowest BCUT2D eigenvalue weighted by molar-refractivity contribution is 0.648. The first-order valence-electron chi connectivity index (χ1n) is 4.26. The van der Waals surface area contributed by atoms with Crippen LogP contribution in [-0.2, 0) is 0 Å². The molecule has 0 fully saturated rings. The number of thiophene rings is 1. The molecule has 0 amide bonds. The van der Waals surface area contributed by atoms with Gasteiger partial charge in [0.15, 0.2) is 0 Å². The lowest BCUT2D eigenvalue weighted by Crippen LogP contribution is -2.16. The zero-order chi connectivity index (χ0) is 10.8. The Hall–Kier alpha value is -0.720. The van der Waals surface area contributed by atoms with Gasteiger partial charge in [0, 0.05) is 19.5 Å². The summed E-state index contributed by atoms with van der Waals surface area (Å²) in [6.07, 6.45) is 1.58. The Kier molecular flexibility index (Phi) is 3.18. The highest BCUT2D eigenvalue weighted by molar-refractivity contribution is 8.23. The van der Waals surface area contributed by atoms with Crippen molar-refractivity contribution in [3.05, 3.63) is 17.8 Å². The predicted molar refractivity (Wildman–Crippen MR) is 69.6 cm³/mol. The van der Waals surface area contributed by atoms with Gasteiger partial charge in [0.05, 0.1) is 0 Å². The van der Waals surface area contributed by atoms with Crippen LogP contribution in [0, 0.1) is 0 Å². The number of nitrogens with zero attached hydrogens (tertiary/aromatic N) is 3. The summed E-state index contributed by atoms with van der Waals surface area (Å²) in [6.45, 7) is 0. The SMILES string of the molecule is CN(C)C(=S)Sc1ncnc2sccc12. The number of hydrogen-bond donors (Lipinski definition) is 0. The number of thiocarbonyl (C=S) groups is 1. The van der Waals surface area contributed by atoms with Gasteiger partial charge in [-0.15, -0.1) is 11.3 Å². The third-order valence-corrected chi connectivity index (χ3v) is 4.27. The molecule has 2 rings (SSSR count). The van der Waals surface area contributed by atoms with Gasteiger partial charge >= 0.3 is 0 Å². The number of aromatic nitrogens is 2. The fraction of sp³-hybridized carbons (Fsp3) is 0.222. The first-order valence-corrected chi connectivity index (χ1v) is 6.36. The molecule has 0 radical (unpaired) electrons. The molecule has 0 aliphatic rings. The minimum atomic E-state index is 0.807. The highest BCUT2D eigenvalue weighted by Gasteiger charge is 2.08. The molecule has 0 aliphatic heterocycles. The molecular formula is C9H9N3S3. The Balaban J connectivity index is 2.35. The van der Waals surface area contributed by atoms with E-state index in [2.05, 4.69) is 9.97 Å². The van der Waals surface area contributed by atoms with Crippen molar-refractivity contribution in [3.63, 3.8) is 0 Å². The third-order valence-electron chi connectivity index (χ3n) is 1.77. The second-order valence-corrected chi connectivity index (χ2v) is 5.60. The van der Waals surface area contributed by atoms with Crippen molar-refractivity contribution >= 4 is 49.9 Å². The van der Waals surface area contributed by atoms with E-state index in [1.807, 2.05) is 30.4 Å². The molecule has 2 aromatic heterocycles. The highest BCUT2D eigenvalue weighted by atomic mass is 32.2. The van der Waals surface area contributed by atoms with E-state index in [4.69, 9.17) is 12.2 Å². The molecule has 6 heteroatoms. The van der Waals surface area contributed by atoms with Crippen LogP contribution in [0.5, 0.6) is 0 Å². The quantitative estimate of drug-likeness (QED) is 0.444. The van der Waals surface area contributed by atoms with Crippen molar-refractivity contribution < 1.29 is 0 Å². The maximum Gasteiger partial charge on any atom is 0.142 e. The first kappa shape index (κ1) is 10.8. The third kappa shape index (κ3) is 2.27. The van der Waals surface area contributed by atoms with E-state index < -0.39 is 0 Å². The van der Waals surface area contributed by atoms with Gasteiger partial charge in [-0.1, -0.05) is 12.2 Å². The fourth-order valence-corrected chi connectivity index (χ4v) is 2.78. The number of fused-ring (bicyclic) bond motifs is 1. The monoisotopic (exact) mass is 255 g/mol. The fourth-order valence-electron chi connectivity index (χ4n) is 1.02. The van der Waals surface area contributed by atoms with Crippen LogP contribution in [0.4, 0.5) is 0 Å². The molecule has 15 heavy (non-hydrogen) atoms. The zero-order valence-electron chi connectivity index (χ0n) is 8.30. The topological polar surface area (TPSA) is 29.0 Å². The van der Waals surface area contributed by atoms with Crippen LogP contribution in [0.1, 0.15) is 0 Å². The van der Waals surface area contributed by atoms with Gasteiger partial charge in [0.2, 0.25) is 0 Å². The molecule has 0 saturated carbocycles. The second kappa shape index (κ2) is 4.42. The second-order valence-electron chi connectivity index (χ2n) is 3.08. The van der Waals surface area contributed by atoms with Crippen molar-refractivity contribution in [2.24, 2.45) is 0 Å². The van der Waals surface area contributed by atoms with E-state index in [-0.39, 0.29) is 0 Å². The van der Waals surface area contributed by atoms with Crippen LogP contribution in [0.15, 0.2) is 22.8 Å². The minimum Gasteiger partial charge on any atom is -0.363 e. The maximum absolute atomic E-state index is 5.23. The Bertz CT molecular complexity index is 492. The van der Waals surface area contributed by atoms with Crippen molar-refractivity contribution in [1.29, 1.82) is 0 Å². The average Bonchev–Trinajstić information content (AvgIpc) is 2.66. The van der Waals surface area contributed by atoms with Gasteiger partial charge in [0.1, 0.15) is 20.5 Å². The van der Waals surface area contributed by atoms with Gasteiger partial charge < -0.3 is 4.90 Å². The minimum absolute atomic E-state index is 0.807. The van der Waals surface area contributed by atoms with Crippen molar-refractivity contribution in [2.75, 3.05) is 14.1 Å². The van der Waals surface area contributed by atoms with Crippen LogP contribution >= 0.6 is 35.3 Å². The van der Waals surface area contributed by atoms with Gasteiger partial charge in [-0.2, -0.15) is 0 Å². The zero-order valence-corrected chi connectivity index (χ0v) is 10.7. The average molecular weight is 255 g/mol. The molecule has 3 nitrogen and oxygen atoms in total. The van der Waals surface area contributed by atoms with Crippen molar-refractivity contribution in [2.45, 2.75) is 5.03 Å². The van der Waals surface area contributed by atoms with Crippen molar-refractivity contribution in [1.82, 2.24) is 14.9 Å². The maximum atomic E-state index is 5.23. The van der Waals surface area contributed by atoms with Crippen LogP contribution in [0.2, 0.25) is 0 Å². The van der Waals surface area contributed by atoms with E-state index in [0.717, 1.165) is 19.6 Å². The molecule has 78 valence electrons. The molecule has 0 saturated heterocycles. The lowest BCUT2D eigenvalue weighted by atomic mass is 10.4. The van der Waals surface area contributed by atoms with Crippen LogP contribution in [0.3, 0.4) is 0 Å². The summed E-state index contributed by atoms with van der Waals surface area (Å²) in [7, 11) is 3.86. The van der Waals surface area contributed by atoms with E-state index in [9.17, 15) is 0 Å². The van der Waals surface area contributed by atoms with Gasteiger partial charge in [-0.3, -0.25) is 0 Å². The van der Waals surface area contributed by atoms with Crippen LogP contribution in [0.25, 0.3) is 10.2 Å². The molecule has 0 atom stereocenters. The highest BCUT2D eigenvalue weighted by Crippen LogP contribution is 2.28. The molecule has 2 aromatic rings. The Morgan fingerprint density at radius 1 is 1.47 bits per heavy atom. The van der Waals surface area contributed by atoms with Crippen LogP contribution < -0.4 is 0 Å². The number of rotatable bonds is 1. The summed E-state index contributed by atoms with van der Waals surface area (Å²) in [5, 5.41) is 4.03. The Morgan fingerprint density at radius 2 is 2.27 bits per heavy atom. The van der Waals surface area contributed by atoms with E-state index in [1.165, 1.54) is 11.8 Å². The summed E-state index contributed by atoms with van der Waals surface area (Å²) < 4.78 is 0.807. The smallest absolute Gasteiger partial charge is 0.142 e. The number of hydrogen-bond acceptors (Lipinski definition) is 5. The molecule has 0 N–H and O–H groups in total. The largest absolute Gasteiger partial charge is 0.363 e. The summed E-state index contributed by atoms with van der Waals surface area (Å²) in [5.74, 6) is 0. The van der Waals surface area contributed by atoms with Crippen molar-refractivity contribution in [3.8, 4) is 0 Å². The molecule has 2 heterocycles. The Labute approximate surface area is 102 Å². The molecule has 0 aromatic carbocycles. The standard InChI is InChI=1S/C9H9N3S3/c1-12(2)9(13)15-8-6-3-4-14-7(6)10-5-11-8/h3-5H,1-2H3. The molecule has 0 spiro atoms. The number of thioether (sulfide) groups is 1. The summed E-state index contributed by atoms with van der Waals surface area (Å²) >= 11 is 8.34. The van der Waals surface area contributed by atoms with E-state index in [1.54, 1.807) is 17.7 Å². The lowest BCUT2D eigenvalue weighted by Gasteiger charge is -2.11. The predicted octanol–water partition coefficient (Wildman–Crippen LogP) is 2.63. The van der Waals surface area contributed by atoms with E-state index in [0.29, 0.717) is 0 Å². The van der Waals surface area contributed by atoms with Gasteiger partial charge in [0.25, 0.3) is 0 Å². The van der Waals surface area contributed by atoms with Gasteiger partial charge in [-0.05, 0) is 23.2 Å². The normalized spacial score (nSPS) is 10.5.